The van der Waals surface area contributed by atoms with Crippen LogP contribution in [-0.2, 0) is 31.3 Å². The van der Waals surface area contributed by atoms with Gasteiger partial charge < -0.3 is 10.1 Å². The van der Waals surface area contributed by atoms with Gasteiger partial charge in [0, 0.05) is 5.69 Å². The van der Waals surface area contributed by atoms with Crippen molar-refractivity contribution in [3.05, 3.63) is 83.9 Å². The van der Waals surface area contributed by atoms with Gasteiger partial charge in [-0.25, -0.2) is 22.0 Å². The number of ether oxygens (including phenoxy) is 1. The summed E-state index contributed by atoms with van der Waals surface area (Å²) in [7, 11) is -7.94. The number of rotatable bonds is 10. The van der Waals surface area contributed by atoms with E-state index in [0.717, 1.165) is 5.56 Å². The summed E-state index contributed by atoms with van der Waals surface area (Å²) in [5.74, 6) is -0.0311. The molecule has 0 spiro atoms. The first-order chi connectivity index (χ1) is 16.5. The predicted octanol–water partition coefficient (Wildman–Crippen LogP) is 2.57. The highest BCUT2D eigenvalue weighted by Crippen LogP contribution is 2.22. The lowest BCUT2D eigenvalue weighted by Crippen LogP contribution is -2.45. The van der Waals surface area contributed by atoms with Crippen molar-refractivity contribution < 1.29 is 26.4 Å². The number of anilines is 1. The van der Waals surface area contributed by atoms with E-state index in [2.05, 4.69) is 10.0 Å². The molecule has 0 fully saturated rings. The number of hydrogen-bond donors (Lipinski definition) is 3. The average Bonchev–Trinajstić information content (AvgIpc) is 2.80. The number of sulfonamides is 2. The molecule has 0 unspecified atom stereocenters. The summed E-state index contributed by atoms with van der Waals surface area (Å²) in [6.07, 6.45) is 0.0944. The van der Waals surface area contributed by atoms with Gasteiger partial charge in [-0.3, -0.25) is 4.79 Å². The fraction of sp³-hybridized carbons (Fsp3) is 0.208. The van der Waals surface area contributed by atoms with E-state index in [-0.39, 0.29) is 21.9 Å². The number of primary sulfonamides is 1. The second kappa shape index (κ2) is 11.0. The van der Waals surface area contributed by atoms with E-state index in [9.17, 15) is 21.6 Å². The SMILES string of the molecule is CCOc1ccc(S(=O)(=O)N[C@H](Cc2ccccc2)C(=O)Nc2ccc(S(N)(=O)=O)cc2)cc1C. The van der Waals surface area contributed by atoms with Gasteiger partial charge in [0.25, 0.3) is 0 Å². The van der Waals surface area contributed by atoms with E-state index in [1.807, 2.05) is 13.0 Å². The van der Waals surface area contributed by atoms with Crippen LogP contribution in [-0.4, -0.2) is 35.4 Å². The summed E-state index contributed by atoms with van der Waals surface area (Å²) in [4.78, 5) is 13.0. The van der Waals surface area contributed by atoms with E-state index < -0.39 is 32.0 Å². The monoisotopic (exact) mass is 517 g/mol. The van der Waals surface area contributed by atoms with Crippen molar-refractivity contribution in [2.75, 3.05) is 11.9 Å². The van der Waals surface area contributed by atoms with Crippen molar-refractivity contribution in [3.8, 4) is 5.75 Å². The molecule has 0 radical (unpaired) electrons. The molecule has 0 heterocycles. The second-order valence-electron chi connectivity index (χ2n) is 7.78. The second-order valence-corrected chi connectivity index (χ2v) is 11.1. The molecule has 0 saturated carbocycles. The molecular formula is C24H27N3O6S2. The van der Waals surface area contributed by atoms with Crippen molar-refractivity contribution in [3.63, 3.8) is 0 Å². The summed E-state index contributed by atoms with van der Waals surface area (Å²) in [6.45, 7) is 4.02. The van der Waals surface area contributed by atoms with Crippen LogP contribution in [0.5, 0.6) is 5.75 Å². The van der Waals surface area contributed by atoms with E-state index in [1.165, 1.54) is 36.4 Å². The number of hydrogen-bond acceptors (Lipinski definition) is 6. The zero-order valence-electron chi connectivity index (χ0n) is 19.3. The number of nitrogens with one attached hydrogen (secondary N) is 2. The summed E-state index contributed by atoms with van der Waals surface area (Å²) >= 11 is 0. The van der Waals surface area contributed by atoms with Crippen LogP contribution >= 0.6 is 0 Å². The quantitative estimate of drug-likeness (QED) is 0.377. The van der Waals surface area contributed by atoms with E-state index >= 15 is 0 Å². The van der Waals surface area contributed by atoms with Gasteiger partial charge in [-0.2, -0.15) is 4.72 Å². The van der Waals surface area contributed by atoms with Crippen LogP contribution in [0, 0.1) is 6.92 Å². The summed E-state index contributed by atoms with van der Waals surface area (Å²) in [6, 6.07) is 17.6. The number of carbonyl (C=O) groups is 1. The number of benzene rings is 3. The Bertz CT molecular complexity index is 1390. The van der Waals surface area contributed by atoms with E-state index in [1.54, 1.807) is 37.3 Å². The van der Waals surface area contributed by atoms with Crippen LogP contribution in [0.3, 0.4) is 0 Å². The maximum absolute atomic E-state index is 13.2. The predicted molar refractivity (Wildman–Crippen MR) is 133 cm³/mol. The van der Waals surface area contributed by atoms with E-state index in [4.69, 9.17) is 9.88 Å². The molecule has 1 amide bonds. The van der Waals surface area contributed by atoms with Crippen molar-refractivity contribution in [2.24, 2.45) is 5.14 Å². The third-order valence-electron chi connectivity index (χ3n) is 5.10. The summed E-state index contributed by atoms with van der Waals surface area (Å²) in [5, 5.41) is 7.73. The largest absolute Gasteiger partial charge is 0.494 e. The van der Waals surface area contributed by atoms with Crippen molar-refractivity contribution in [2.45, 2.75) is 36.1 Å². The Balaban J connectivity index is 1.86. The topological polar surface area (TPSA) is 145 Å². The molecule has 0 aliphatic heterocycles. The Morgan fingerprint density at radius 2 is 1.57 bits per heavy atom. The minimum absolute atomic E-state index is 0.00169. The molecule has 9 nitrogen and oxygen atoms in total. The Labute approximate surface area is 205 Å². The first-order valence-corrected chi connectivity index (χ1v) is 13.8. The first-order valence-electron chi connectivity index (χ1n) is 10.7. The lowest BCUT2D eigenvalue weighted by atomic mass is 10.1. The number of amides is 1. The van der Waals surface area contributed by atoms with Crippen molar-refractivity contribution >= 4 is 31.6 Å². The Morgan fingerprint density at radius 3 is 2.14 bits per heavy atom. The fourth-order valence-electron chi connectivity index (χ4n) is 3.36. The minimum atomic E-state index is -4.06. The van der Waals surface area contributed by atoms with Crippen LogP contribution in [0.15, 0.2) is 82.6 Å². The lowest BCUT2D eigenvalue weighted by molar-refractivity contribution is -0.117. The molecule has 0 saturated heterocycles. The van der Waals surface area contributed by atoms with Crippen LogP contribution in [0.25, 0.3) is 0 Å². The summed E-state index contributed by atoms with van der Waals surface area (Å²) < 4.78 is 57.2. The molecule has 3 aromatic rings. The highest BCUT2D eigenvalue weighted by molar-refractivity contribution is 7.89. The number of carbonyl (C=O) groups excluding carboxylic acids is 1. The fourth-order valence-corrected chi connectivity index (χ4v) is 5.15. The molecule has 3 aromatic carbocycles. The summed E-state index contributed by atoms with van der Waals surface area (Å²) in [5.41, 5.74) is 1.69. The zero-order valence-corrected chi connectivity index (χ0v) is 20.9. The van der Waals surface area contributed by atoms with Crippen molar-refractivity contribution in [1.29, 1.82) is 0 Å². The molecule has 0 aliphatic rings. The van der Waals surface area contributed by atoms with E-state index in [0.29, 0.717) is 17.9 Å². The Kier molecular flexibility index (Phi) is 8.28. The molecule has 0 bridgehead atoms. The van der Waals surface area contributed by atoms with Gasteiger partial charge in [-0.15, -0.1) is 0 Å². The minimum Gasteiger partial charge on any atom is -0.494 e. The number of nitrogens with two attached hydrogens (primary N) is 1. The average molecular weight is 518 g/mol. The van der Waals surface area contributed by atoms with Gasteiger partial charge >= 0.3 is 0 Å². The Morgan fingerprint density at radius 1 is 0.943 bits per heavy atom. The van der Waals surface area contributed by atoms with Gasteiger partial charge in [-0.05, 0) is 73.9 Å². The maximum Gasteiger partial charge on any atom is 0.242 e. The standard InChI is InChI=1S/C24H27N3O6S2/c1-3-33-23-14-13-21(15-17(23)2)35(31,32)27-22(16-18-7-5-4-6-8-18)24(28)26-19-9-11-20(12-10-19)34(25,29)30/h4-15,22,27H,3,16H2,1-2H3,(H,26,28)(H2,25,29,30)/t22-/m1/s1. The van der Waals surface area contributed by atoms with Crippen LogP contribution < -0.4 is 19.9 Å². The van der Waals surface area contributed by atoms with Gasteiger partial charge in [0.1, 0.15) is 11.8 Å². The number of aryl methyl sites for hydroxylation is 1. The van der Waals surface area contributed by atoms with Crippen LogP contribution in [0.4, 0.5) is 5.69 Å². The van der Waals surface area contributed by atoms with Gasteiger partial charge in [0.15, 0.2) is 0 Å². The van der Waals surface area contributed by atoms with Crippen LogP contribution in [0.2, 0.25) is 0 Å². The third kappa shape index (κ3) is 7.12. The molecule has 3 rings (SSSR count). The molecular weight excluding hydrogens is 490 g/mol. The lowest BCUT2D eigenvalue weighted by Gasteiger charge is -2.19. The molecule has 4 N–H and O–H groups in total. The molecule has 0 aliphatic carbocycles. The van der Waals surface area contributed by atoms with Gasteiger partial charge in [-0.1, -0.05) is 30.3 Å². The molecule has 0 aromatic heterocycles. The molecule has 35 heavy (non-hydrogen) atoms. The Hall–Kier alpha value is -3.25. The highest BCUT2D eigenvalue weighted by atomic mass is 32.2. The van der Waals surface area contributed by atoms with Gasteiger partial charge in [0.05, 0.1) is 16.4 Å². The maximum atomic E-state index is 13.2. The third-order valence-corrected chi connectivity index (χ3v) is 7.50. The van der Waals surface area contributed by atoms with Gasteiger partial charge in [0.2, 0.25) is 26.0 Å². The van der Waals surface area contributed by atoms with Crippen molar-refractivity contribution in [1.82, 2.24) is 4.72 Å². The molecule has 11 heteroatoms. The van der Waals surface area contributed by atoms with Crippen LogP contribution in [0.1, 0.15) is 18.1 Å². The first kappa shape index (κ1) is 26.4. The molecule has 1 atom stereocenters. The highest BCUT2D eigenvalue weighted by Gasteiger charge is 2.27. The molecule has 186 valence electrons. The zero-order chi connectivity index (χ0) is 25.6. The normalized spacial score (nSPS) is 12.7. The smallest absolute Gasteiger partial charge is 0.242 e.